The lowest BCUT2D eigenvalue weighted by atomic mass is 9.55. The van der Waals surface area contributed by atoms with Crippen molar-refractivity contribution >= 4 is 5.96 Å². The average molecular weight is 319 g/mol. The summed E-state index contributed by atoms with van der Waals surface area (Å²) in [6.45, 7) is -0.857. The first-order valence-corrected chi connectivity index (χ1v) is 6.77. The van der Waals surface area contributed by atoms with Crippen LogP contribution in [0.3, 0.4) is 0 Å². The van der Waals surface area contributed by atoms with Gasteiger partial charge in [-0.2, -0.15) is 0 Å². The first kappa shape index (κ1) is 14.5. The molecule has 0 amide bonds. The standard InChI is InChI=1S/C11H17N3O8/c12-8-13-6(17)2-4-9(19,1-15)5-3(16)10(2,14-8)7(18)11(20,21-4)22-5/h2-7,15-20H,1H2,(H3,12,13,14)/t2?,3-,4-,5+,6+,7-,9-,10?,11+/m0/s1. The first-order chi connectivity index (χ1) is 10.2. The Balaban J connectivity index is 1.95. The zero-order valence-corrected chi connectivity index (χ0v) is 11.2. The molecule has 5 rings (SSSR count). The van der Waals surface area contributed by atoms with Gasteiger partial charge in [0.1, 0.15) is 29.5 Å². The van der Waals surface area contributed by atoms with Crippen LogP contribution in [0.1, 0.15) is 0 Å². The fraction of sp³-hybridized carbons (Fsp3) is 0.909. The van der Waals surface area contributed by atoms with Gasteiger partial charge in [-0.25, -0.2) is 4.99 Å². The maximum absolute atomic E-state index is 10.6. The summed E-state index contributed by atoms with van der Waals surface area (Å²) >= 11 is 0. The number of nitrogens with one attached hydrogen (secondary N) is 1. The van der Waals surface area contributed by atoms with E-state index in [4.69, 9.17) is 15.2 Å². The minimum absolute atomic E-state index is 0.250. The fourth-order valence-corrected chi connectivity index (χ4v) is 4.24. The van der Waals surface area contributed by atoms with Gasteiger partial charge in [0.15, 0.2) is 18.3 Å². The third-order valence-corrected chi connectivity index (χ3v) is 5.22. The van der Waals surface area contributed by atoms with Gasteiger partial charge in [-0.05, 0) is 0 Å². The SMILES string of the molecule is NC1=N[C@H](O)C2[C@@H]3O[C@@]4(O)O[C@H]([C@H](O)C2(N1)[C@@H]4O)[C@]3(O)CO. The molecule has 0 radical (unpaired) electrons. The lowest BCUT2D eigenvalue weighted by Crippen LogP contribution is -2.95. The van der Waals surface area contributed by atoms with Crippen molar-refractivity contribution in [3.8, 4) is 0 Å². The van der Waals surface area contributed by atoms with Crippen LogP contribution in [0, 0.1) is 5.92 Å². The van der Waals surface area contributed by atoms with Crippen molar-refractivity contribution in [2.45, 2.75) is 47.8 Å². The number of aliphatic imine (C=N–C) groups is 1. The van der Waals surface area contributed by atoms with Crippen LogP contribution in [0.2, 0.25) is 0 Å². The van der Waals surface area contributed by atoms with Crippen LogP contribution in [-0.2, 0) is 9.47 Å². The summed E-state index contributed by atoms with van der Waals surface area (Å²) in [6, 6.07) is 0. The summed E-state index contributed by atoms with van der Waals surface area (Å²) in [5.41, 5.74) is 1.74. The summed E-state index contributed by atoms with van der Waals surface area (Å²) < 4.78 is 10.3. The van der Waals surface area contributed by atoms with Crippen LogP contribution in [0.5, 0.6) is 0 Å². The second-order valence-corrected chi connectivity index (χ2v) is 6.22. The number of hydrogen-bond acceptors (Lipinski definition) is 11. The van der Waals surface area contributed by atoms with Crippen LogP contribution < -0.4 is 11.1 Å². The molecule has 0 aromatic rings. The van der Waals surface area contributed by atoms with E-state index in [1.54, 1.807) is 0 Å². The third kappa shape index (κ3) is 1.28. The van der Waals surface area contributed by atoms with E-state index in [-0.39, 0.29) is 5.96 Å². The number of ether oxygens (including phenoxy) is 2. The van der Waals surface area contributed by atoms with E-state index in [9.17, 15) is 30.6 Å². The summed E-state index contributed by atoms with van der Waals surface area (Å²) in [4.78, 5) is 3.70. The monoisotopic (exact) mass is 319 g/mol. The van der Waals surface area contributed by atoms with Gasteiger partial charge in [-0.1, -0.05) is 0 Å². The van der Waals surface area contributed by atoms with Gasteiger partial charge in [0.05, 0.1) is 12.5 Å². The summed E-state index contributed by atoms with van der Waals surface area (Å²) in [5, 5.41) is 64.3. The second-order valence-electron chi connectivity index (χ2n) is 6.22. The Hall–Kier alpha value is -1.05. The second kappa shape index (κ2) is 3.88. The minimum atomic E-state index is -2.52. The van der Waals surface area contributed by atoms with Crippen molar-refractivity contribution in [2.75, 3.05) is 6.61 Å². The molecule has 0 aromatic heterocycles. The highest BCUT2D eigenvalue weighted by Gasteiger charge is 2.82. The predicted molar refractivity (Wildman–Crippen MR) is 65.7 cm³/mol. The first-order valence-electron chi connectivity index (χ1n) is 6.77. The van der Waals surface area contributed by atoms with Gasteiger partial charge in [-0.15, -0.1) is 0 Å². The minimum Gasteiger partial charge on any atom is -0.393 e. The molecule has 4 heterocycles. The van der Waals surface area contributed by atoms with E-state index in [0.717, 1.165) is 0 Å². The van der Waals surface area contributed by atoms with Crippen molar-refractivity contribution in [3.05, 3.63) is 0 Å². The van der Waals surface area contributed by atoms with Crippen molar-refractivity contribution in [1.82, 2.24) is 5.32 Å². The zero-order chi connectivity index (χ0) is 16.1. The van der Waals surface area contributed by atoms with Crippen LogP contribution in [0.15, 0.2) is 4.99 Å². The Bertz CT molecular complexity index is 561. The third-order valence-electron chi connectivity index (χ3n) is 5.22. The van der Waals surface area contributed by atoms with E-state index < -0.39 is 60.3 Å². The number of nitrogens with two attached hydrogens (primary N) is 1. The van der Waals surface area contributed by atoms with E-state index in [1.165, 1.54) is 0 Å². The Morgan fingerprint density at radius 3 is 2.45 bits per heavy atom. The van der Waals surface area contributed by atoms with E-state index in [0.29, 0.717) is 0 Å². The molecular formula is C11H17N3O8. The van der Waals surface area contributed by atoms with Crippen molar-refractivity contribution < 1.29 is 40.1 Å². The molecule has 5 aliphatic rings. The molecule has 2 unspecified atom stereocenters. The predicted octanol–water partition coefficient (Wildman–Crippen LogP) is -5.52. The molecule has 9 atom stereocenters. The Kier molecular flexibility index (Phi) is 2.57. The summed E-state index contributed by atoms with van der Waals surface area (Å²) in [7, 11) is 0. The number of rotatable bonds is 1. The number of aliphatic hydroxyl groups is 6. The van der Waals surface area contributed by atoms with Crippen LogP contribution >= 0.6 is 0 Å². The van der Waals surface area contributed by atoms with Crippen LogP contribution in [-0.4, -0.2) is 91.0 Å². The molecule has 4 fully saturated rings. The number of hydrogen-bond donors (Lipinski definition) is 8. The van der Waals surface area contributed by atoms with E-state index in [1.807, 2.05) is 0 Å². The molecule has 11 heteroatoms. The quantitative estimate of drug-likeness (QED) is 0.231. The molecule has 22 heavy (non-hydrogen) atoms. The Morgan fingerprint density at radius 1 is 1.18 bits per heavy atom. The zero-order valence-electron chi connectivity index (χ0n) is 11.2. The summed E-state index contributed by atoms with van der Waals surface area (Å²) in [6.07, 6.45) is -7.77. The highest BCUT2D eigenvalue weighted by atomic mass is 16.9. The molecule has 0 aromatic carbocycles. The molecule has 11 nitrogen and oxygen atoms in total. The lowest BCUT2D eigenvalue weighted by molar-refractivity contribution is -0.548. The Labute approximate surface area is 123 Å². The highest BCUT2D eigenvalue weighted by molar-refractivity contribution is 5.80. The van der Waals surface area contributed by atoms with Crippen LogP contribution in [0.25, 0.3) is 0 Å². The number of aliphatic hydroxyl groups excluding tert-OH is 4. The van der Waals surface area contributed by atoms with Crippen LogP contribution in [0.4, 0.5) is 0 Å². The van der Waals surface area contributed by atoms with Gasteiger partial charge in [0.2, 0.25) is 0 Å². The lowest BCUT2D eigenvalue weighted by Gasteiger charge is -2.71. The molecule has 1 aliphatic carbocycles. The topological polar surface area (TPSA) is 190 Å². The smallest absolute Gasteiger partial charge is 0.311 e. The maximum atomic E-state index is 10.6. The molecule has 124 valence electrons. The number of guanidine groups is 1. The molecule has 4 bridgehead atoms. The van der Waals surface area contributed by atoms with Crippen molar-refractivity contribution in [3.63, 3.8) is 0 Å². The Morgan fingerprint density at radius 2 is 1.82 bits per heavy atom. The molecule has 1 spiro atoms. The molecule has 4 aliphatic heterocycles. The summed E-state index contributed by atoms with van der Waals surface area (Å²) in [5.74, 6) is -3.95. The molecule has 1 saturated carbocycles. The molecule has 3 saturated heterocycles. The van der Waals surface area contributed by atoms with Crippen molar-refractivity contribution in [2.24, 2.45) is 16.6 Å². The van der Waals surface area contributed by atoms with Gasteiger partial charge in [0.25, 0.3) is 0 Å². The normalized spacial score (nSPS) is 62.4. The largest absolute Gasteiger partial charge is 0.393 e. The average Bonchev–Trinajstić information content (AvgIpc) is 2.45. The number of nitrogens with zero attached hydrogens (tertiary/aromatic N) is 1. The maximum Gasteiger partial charge on any atom is 0.311 e. The van der Waals surface area contributed by atoms with E-state index >= 15 is 0 Å². The van der Waals surface area contributed by atoms with Gasteiger partial charge < -0.3 is 51.2 Å². The molecule has 9 N–H and O–H groups in total. The van der Waals surface area contributed by atoms with Gasteiger partial charge in [0, 0.05) is 0 Å². The highest BCUT2D eigenvalue weighted by Crippen LogP contribution is 2.58. The molecular weight excluding hydrogens is 302 g/mol. The van der Waals surface area contributed by atoms with E-state index in [2.05, 4.69) is 10.3 Å². The fourth-order valence-electron chi connectivity index (χ4n) is 4.24. The van der Waals surface area contributed by atoms with Gasteiger partial charge in [-0.3, -0.25) is 0 Å². The van der Waals surface area contributed by atoms with Gasteiger partial charge >= 0.3 is 5.97 Å². The van der Waals surface area contributed by atoms with Crippen molar-refractivity contribution in [1.29, 1.82) is 0 Å².